The zero-order valence-electron chi connectivity index (χ0n) is 14.2. The number of hydrogen-bond donors (Lipinski definition) is 3. The number of nitrogens with two attached hydrogens (primary N) is 2. The van der Waals surface area contributed by atoms with E-state index in [9.17, 15) is 4.79 Å². The van der Waals surface area contributed by atoms with Crippen LogP contribution >= 0.6 is 0 Å². The summed E-state index contributed by atoms with van der Waals surface area (Å²) in [5.74, 6) is 0.0734. The molecular formula is C17H22N6O2. The molecule has 0 fully saturated rings. The standard InChI is InChI=1S/C17H22N6O2/c1-25-10-8-20-17(24)13-14-16(23(15(13)19)9-4-7-18)22-12-6-3-2-5-11(12)21-14/h2-3,5-6H,4,7-10,18-19H2,1H3,(H,20,24). The largest absolute Gasteiger partial charge is 0.384 e. The number of rotatable bonds is 7. The van der Waals surface area contributed by atoms with Crippen LogP contribution in [0.25, 0.3) is 22.2 Å². The number of aromatic nitrogens is 3. The number of para-hydroxylation sites is 2. The second kappa shape index (κ2) is 7.45. The molecule has 0 spiro atoms. The molecule has 0 aliphatic heterocycles. The van der Waals surface area contributed by atoms with Gasteiger partial charge in [-0.25, -0.2) is 9.97 Å². The van der Waals surface area contributed by atoms with Gasteiger partial charge in [0.1, 0.15) is 16.9 Å². The Kier molecular flexibility index (Phi) is 5.11. The lowest BCUT2D eigenvalue weighted by molar-refractivity contribution is 0.0939. The summed E-state index contributed by atoms with van der Waals surface area (Å²) in [5, 5.41) is 2.80. The second-order valence-electron chi connectivity index (χ2n) is 5.69. The van der Waals surface area contributed by atoms with Crippen molar-refractivity contribution in [1.29, 1.82) is 0 Å². The van der Waals surface area contributed by atoms with Crippen LogP contribution in [0.2, 0.25) is 0 Å². The molecule has 0 saturated carbocycles. The number of nitrogens with zero attached hydrogens (tertiary/aromatic N) is 3. The van der Waals surface area contributed by atoms with Crippen molar-refractivity contribution in [3.8, 4) is 0 Å². The molecule has 1 amide bonds. The molecule has 0 radical (unpaired) electrons. The fraction of sp³-hybridized carbons (Fsp3) is 0.353. The summed E-state index contributed by atoms with van der Waals surface area (Å²) < 4.78 is 6.78. The van der Waals surface area contributed by atoms with Crippen molar-refractivity contribution < 1.29 is 9.53 Å². The predicted molar refractivity (Wildman–Crippen MR) is 97.3 cm³/mol. The van der Waals surface area contributed by atoms with Crippen molar-refractivity contribution in [2.45, 2.75) is 13.0 Å². The third-order valence-electron chi connectivity index (χ3n) is 4.00. The van der Waals surface area contributed by atoms with E-state index in [1.54, 1.807) is 7.11 Å². The number of aryl methyl sites for hydroxylation is 1. The van der Waals surface area contributed by atoms with Crippen LogP contribution in [0.5, 0.6) is 0 Å². The van der Waals surface area contributed by atoms with Crippen LogP contribution in [-0.4, -0.2) is 47.2 Å². The van der Waals surface area contributed by atoms with Crippen molar-refractivity contribution in [3.05, 3.63) is 29.8 Å². The molecule has 0 aliphatic rings. The molecule has 3 aromatic rings. The zero-order valence-corrected chi connectivity index (χ0v) is 14.2. The molecule has 0 bridgehead atoms. The molecule has 3 rings (SSSR count). The van der Waals surface area contributed by atoms with Gasteiger partial charge < -0.3 is 26.1 Å². The quantitative estimate of drug-likeness (QED) is 0.548. The lowest BCUT2D eigenvalue weighted by Crippen LogP contribution is -2.27. The maximum absolute atomic E-state index is 12.6. The van der Waals surface area contributed by atoms with E-state index in [4.69, 9.17) is 16.2 Å². The summed E-state index contributed by atoms with van der Waals surface area (Å²) in [7, 11) is 1.58. The summed E-state index contributed by atoms with van der Waals surface area (Å²) in [6, 6.07) is 7.53. The summed E-state index contributed by atoms with van der Waals surface area (Å²) in [6.45, 7) is 1.92. The molecule has 132 valence electrons. The SMILES string of the molecule is COCCNC(=O)c1c(N)n(CCCN)c2nc3ccccc3nc12. The number of ether oxygens (including phenoxy) is 1. The normalized spacial score (nSPS) is 11.3. The van der Waals surface area contributed by atoms with E-state index < -0.39 is 0 Å². The number of carbonyl (C=O) groups is 1. The van der Waals surface area contributed by atoms with Crippen molar-refractivity contribution in [2.75, 3.05) is 32.5 Å². The molecule has 2 aromatic heterocycles. The minimum absolute atomic E-state index is 0.282. The van der Waals surface area contributed by atoms with Crippen molar-refractivity contribution in [2.24, 2.45) is 5.73 Å². The molecule has 2 heterocycles. The first kappa shape index (κ1) is 17.1. The fourth-order valence-corrected chi connectivity index (χ4v) is 2.77. The Morgan fingerprint density at radius 2 is 2.00 bits per heavy atom. The first-order chi connectivity index (χ1) is 12.2. The number of hydrogen-bond acceptors (Lipinski definition) is 6. The second-order valence-corrected chi connectivity index (χ2v) is 5.69. The van der Waals surface area contributed by atoms with Crippen LogP contribution in [0.4, 0.5) is 5.82 Å². The van der Waals surface area contributed by atoms with Crippen LogP contribution in [0, 0.1) is 0 Å². The Balaban J connectivity index is 2.15. The van der Waals surface area contributed by atoms with Gasteiger partial charge >= 0.3 is 0 Å². The number of nitrogen functional groups attached to an aromatic ring is 1. The van der Waals surface area contributed by atoms with Crippen LogP contribution in [0.3, 0.4) is 0 Å². The first-order valence-corrected chi connectivity index (χ1v) is 8.19. The maximum atomic E-state index is 12.6. The van der Waals surface area contributed by atoms with Gasteiger partial charge in [0, 0.05) is 20.2 Å². The van der Waals surface area contributed by atoms with Gasteiger partial charge in [-0.3, -0.25) is 4.79 Å². The van der Waals surface area contributed by atoms with Gasteiger partial charge in [-0.05, 0) is 25.1 Å². The minimum atomic E-state index is -0.282. The van der Waals surface area contributed by atoms with E-state index in [1.165, 1.54) is 0 Å². The van der Waals surface area contributed by atoms with Gasteiger partial charge in [0.2, 0.25) is 0 Å². The first-order valence-electron chi connectivity index (χ1n) is 8.19. The highest BCUT2D eigenvalue weighted by atomic mass is 16.5. The molecule has 5 N–H and O–H groups in total. The molecular weight excluding hydrogens is 320 g/mol. The Bertz CT molecular complexity index is 905. The third-order valence-corrected chi connectivity index (χ3v) is 4.00. The smallest absolute Gasteiger partial charge is 0.257 e. The summed E-state index contributed by atoms with van der Waals surface area (Å²) in [4.78, 5) is 21.9. The Morgan fingerprint density at radius 3 is 2.68 bits per heavy atom. The van der Waals surface area contributed by atoms with Crippen LogP contribution in [0.15, 0.2) is 24.3 Å². The van der Waals surface area contributed by atoms with Gasteiger partial charge in [0.25, 0.3) is 5.91 Å². The molecule has 25 heavy (non-hydrogen) atoms. The van der Waals surface area contributed by atoms with Crippen molar-refractivity contribution in [1.82, 2.24) is 19.9 Å². The van der Waals surface area contributed by atoms with Crippen LogP contribution in [0.1, 0.15) is 16.8 Å². The highest BCUT2D eigenvalue weighted by Crippen LogP contribution is 2.28. The number of methoxy groups -OCH3 is 1. The monoisotopic (exact) mass is 342 g/mol. The molecule has 0 saturated heterocycles. The highest BCUT2D eigenvalue weighted by molar-refractivity contribution is 6.10. The maximum Gasteiger partial charge on any atom is 0.257 e. The summed E-state index contributed by atoms with van der Waals surface area (Å²) in [5.41, 5.74) is 14.8. The number of fused-ring (bicyclic) bond motifs is 2. The molecule has 8 nitrogen and oxygen atoms in total. The lowest BCUT2D eigenvalue weighted by atomic mass is 10.2. The molecule has 0 unspecified atom stereocenters. The molecule has 0 aliphatic carbocycles. The topological polar surface area (TPSA) is 121 Å². The number of benzene rings is 1. The number of amides is 1. The Morgan fingerprint density at radius 1 is 1.28 bits per heavy atom. The third kappa shape index (κ3) is 3.26. The summed E-state index contributed by atoms with van der Waals surface area (Å²) in [6.07, 6.45) is 0.729. The molecule has 1 aromatic carbocycles. The summed E-state index contributed by atoms with van der Waals surface area (Å²) >= 11 is 0. The zero-order chi connectivity index (χ0) is 17.8. The van der Waals surface area contributed by atoms with E-state index in [2.05, 4.69) is 15.3 Å². The van der Waals surface area contributed by atoms with Crippen molar-refractivity contribution >= 4 is 33.9 Å². The van der Waals surface area contributed by atoms with E-state index in [0.29, 0.717) is 48.8 Å². The average molecular weight is 342 g/mol. The predicted octanol–water partition coefficient (Wildman–Crippen LogP) is 0.892. The van der Waals surface area contributed by atoms with Gasteiger partial charge in [-0.1, -0.05) is 12.1 Å². The van der Waals surface area contributed by atoms with Gasteiger partial charge in [0.05, 0.1) is 17.6 Å². The van der Waals surface area contributed by atoms with E-state index >= 15 is 0 Å². The van der Waals surface area contributed by atoms with Crippen LogP contribution in [-0.2, 0) is 11.3 Å². The highest BCUT2D eigenvalue weighted by Gasteiger charge is 2.23. The van der Waals surface area contributed by atoms with Crippen molar-refractivity contribution in [3.63, 3.8) is 0 Å². The van der Waals surface area contributed by atoms with E-state index in [0.717, 1.165) is 17.5 Å². The Labute approximate surface area is 145 Å². The number of nitrogens with one attached hydrogen (secondary N) is 1. The lowest BCUT2D eigenvalue weighted by Gasteiger charge is -2.07. The number of carbonyl (C=O) groups excluding carboxylic acids is 1. The number of anilines is 1. The van der Waals surface area contributed by atoms with E-state index in [-0.39, 0.29) is 5.91 Å². The average Bonchev–Trinajstić information content (AvgIpc) is 2.88. The van der Waals surface area contributed by atoms with Gasteiger partial charge in [-0.2, -0.15) is 0 Å². The van der Waals surface area contributed by atoms with Gasteiger partial charge in [-0.15, -0.1) is 0 Å². The Hall–Kier alpha value is -2.71. The van der Waals surface area contributed by atoms with E-state index in [1.807, 2.05) is 28.8 Å². The van der Waals surface area contributed by atoms with Gasteiger partial charge in [0.15, 0.2) is 5.65 Å². The molecule has 8 heteroatoms. The minimum Gasteiger partial charge on any atom is -0.384 e. The fourth-order valence-electron chi connectivity index (χ4n) is 2.77. The molecule has 0 atom stereocenters. The van der Waals surface area contributed by atoms with Crippen LogP contribution < -0.4 is 16.8 Å².